The number of hydrogen-bond acceptors (Lipinski definition) is 6. The van der Waals surface area contributed by atoms with E-state index in [0.717, 1.165) is 52.9 Å². The van der Waals surface area contributed by atoms with Crippen LogP contribution in [0.15, 0.2) is 48.8 Å². The summed E-state index contributed by atoms with van der Waals surface area (Å²) in [6, 6.07) is 11.9. The number of nitrogens with one attached hydrogen (secondary N) is 1. The number of carboxylic acid groups (broad SMARTS) is 1. The minimum absolute atomic E-state index is 0.271. The number of nitrogens with zero attached hydrogens (tertiary/aromatic N) is 3. The van der Waals surface area contributed by atoms with Gasteiger partial charge in [0.15, 0.2) is 0 Å². The molecule has 0 aliphatic carbocycles. The van der Waals surface area contributed by atoms with Gasteiger partial charge < -0.3 is 20.1 Å². The summed E-state index contributed by atoms with van der Waals surface area (Å²) in [4.78, 5) is 22.3. The molecule has 3 heterocycles. The molecule has 34 heavy (non-hydrogen) atoms. The molecule has 4 rings (SSSR count). The van der Waals surface area contributed by atoms with Gasteiger partial charge in [-0.2, -0.15) is 0 Å². The van der Waals surface area contributed by atoms with Crippen molar-refractivity contribution in [1.82, 2.24) is 14.9 Å². The van der Waals surface area contributed by atoms with Crippen molar-refractivity contribution in [2.75, 3.05) is 38.1 Å². The first-order valence-electron chi connectivity index (χ1n) is 12.3. The van der Waals surface area contributed by atoms with Gasteiger partial charge in [-0.15, -0.1) is 0 Å². The van der Waals surface area contributed by atoms with Crippen molar-refractivity contribution in [1.29, 1.82) is 0 Å². The average molecular weight is 465 g/mol. The Hall–Kier alpha value is -3.03. The van der Waals surface area contributed by atoms with Crippen LogP contribution in [0, 0.1) is 0 Å². The van der Waals surface area contributed by atoms with Crippen molar-refractivity contribution < 1.29 is 14.6 Å². The zero-order chi connectivity index (χ0) is 24.2. The van der Waals surface area contributed by atoms with E-state index < -0.39 is 5.97 Å². The standard InChI is InChI=1S/C25H30N4O3.C2H6/c30-25(31)18-32-17-19-5-7-20(8-6-19)23-15-24(21-16-26-11-9-22(21)28-23)27-10-4-14-29-12-2-1-3-13-29;1-2/h5-9,11,15-16H,1-4,10,12-14,17-18H2,(H,27,28)(H,30,31);1-2H3. The molecule has 3 aromatic rings. The lowest BCUT2D eigenvalue weighted by molar-refractivity contribution is -0.142. The van der Waals surface area contributed by atoms with Gasteiger partial charge in [-0.05, 0) is 56.6 Å². The fourth-order valence-corrected chi connectivity index (χ4v) is 4.10. The molecule has 0 bridgehead atoms. The lowest BCUT2D eigenvalue weighted by Gasteiger charge is -2.26. The van der Waals surface area contributed by atoms with Crippen molar-refractivity contribution >= 4 is 22.6 Å². The molecule has 7 heteroatoms. The monoisotopic (exact) mass is 464 g/mol. The van der Waals surface area contributed by atoms with Crippen LogP contribution in [0.2, 0.25) is 0 Å². The number of carboxylic acids is 1. The number of fused-ring (bicyclic) bond motifs is 1. The van der Waals surface area contributed by atoms with Gasteiger partial charge in [0.05, 0.1) is 17.8 Å². The van der Waals surface area contributed by atoms with Crippen molar-refractivity contribution in [3.05, 3.63) is 54.4 Å². The van der Waals surface area contributed by atoms with E-state index in [2.05, 4.69) is 21.3 Å². The van der Waals surface area contributed by atoms with Gasteiger partial charge in [-0.25, -0.2) is 9.78 Å². The summed E-state index contributed by atoms with van der Waals surface area (Å²) in [5, 5.41) is 13.3. The maximum atomic E-state index is 10.6. The Morgan fingerprint density at radius 3 is 2.62 bits per heavy atom. The number of piperidine rings is 1. The van der Waals surface area contributed by atoms with E-state index in [-0.39, 0.29) is 13.2 Å². The molecule has 0 atom stereocenters. The molecule has 2 N–H and O–H groups in total. The van der Waals surface area contributed by atoms with Gasteiger partial charge in [-0.3, -0.25) is 4.98 Å². The third-order valence-electron chi connectivity index (χ3n) is 5.77. The maximum Gasteiger partial charge on any atom is 0.329 e. The Morgan fingerprint density at radius 2 is 1.88 bits per heavy atom. The summed E-state index contributed by atoms with van der Waals surface area (Å²) in [6.45, 7) is 8.46. The maximum absolute atomic E-state index is 10.6. The van der Waals surface area contributed by atoms with E-state index in [1.165, 1.54) is 32.4 Å². The number of benzene rings is 1. The molecule has 0 saturated carbocycles. The number of pyridine rings is 2. The van der Waals surface area contributed by atoms with Crippen LogP contribution in [0.3, 0.4) is 0 Å². The lowest BCUT2D eigenvalue weighted by atomic mass is 10.1. The molecule has 0 radical (unpaired) electrons. The summed E-state index contributed by atoms with van der Waals surface area (Å²) in [5.74, 6) is -0.965. The first kappa shape index (κ1) is 25.6. The first-order chi connectivity index (χ1) is 16.7. The number of carbonyl (C=O) groups is 1. The zero-order valence-electron chi connectivity index (χ0n) is 20.3. The number of aromatic nitrogens is 2. The minimum Gasteiger partial charge on any atom is -0.480 e. The first-order valence-corrected chi connectivity index (χ1v) is 12.3. The topological polar surface area (TPSA) is 87.6 Å². The highest BCUT2D eigenvalue weighted by atomic mass is 16.5. The van der Waals surface area contributed by atoms with E-state index in [1.807, 2.05) is 50.4 Å². The summed E-state index contributed by atoms with van der Waals surface area (Å²) >= 11 is 0. The van der Waals surface area contributed by atoms with Crippen LogP contribution in [0.5, 0.6) is 0 Å². The number of aliphatic carboxylic acids is 1. The van der Waals surface area contributed by atoms with E-state index >= 15 is 0 Å². The molecule has 182 valence electrons. The second kappa shape index (κ2) is 13.6. The van der Waals surface area contributed by atoms with E-state index in [4.69, 9.17) is 14.8 Å². The minimum atomic E-state index is -0.965. The number of rotatable bonds is 10. The summed E-state index contributed by atoms with van der Waals surface area (Å²) in [6.07, 6.45) is 8.74. The Labute approximate surface area is 202 Å². The summed E-state index contributed by atoms with van der Waals surface area (Å²) in [5.41, 5.74) is 4.77. The summed E-state index contributed by atoms with van der Waals surface area (Å²) < 4.78 is 5.17. The number of ether oxygens (including phenoxy) is 1. The second-order valence-corrected chi connectivity index (χ2v) is 8.21. The molecule has 1 saturated heterocycles. The highest BCUT2D eigenvalue weighted by Crippen LogP contribution is 2.28. The SMILES string of the molecule is CC.O=C(O)COCc1ccc(-c2cc(NCCCN3CCCCC3)c3cnccc3n2)cc1. The van der Waals surface area contributed by atoms with Crippen molar-refractivity contribution in [3.8, 4) is 11.3 Å². The molecule has 2 aromatic heterocycles. The molecule has 1 fully saturated rings. The molecule has 1 aromatic carbocycles. The van der Waals surface area contributed by atoms with Crippen LogP contribution in [0.25, 0.3) is 22.2 Å². The van der Waals surface area contributed by atoms with Gasteiger partial charge in [0, 0.05) is 35.6 Å². The lowest BCUT2D eigenvalue weighted by Crippen LogP contribution is -2.31. The van der Waals surface area contributed by atoms with Gasteiger partial charge in [0.25, 0.3) is 0 Å². The van der Waals surface area contributed by atoms with Crippen molar-refractivity contribution in [2.45, 2.75) is 46.1 Å². The van der Waals surface area contributed by atoms with E-state index in [0.29, 0.717) is 0 Å². The highest BCUT2D eigenvalue weighted by Gasteiger charge is 2.11. The van der Waals surface area contributed by atoms with Crippen LogP contribution in [0.1, 0.15) is 45.1 Å². The van der Waals surface area contributed by atoms with E-state index in [1.54, 1.807) is 6.20 Å². The fraction of sp³-hybridized carbons (Fsp3) is 0.444. The molecule has 1 aliphatic rings. The molecular formula is C27H36N4O3. The molecule has 0 spiro atoms. The summed E-state index contributed by atoms with van der Waals surface area (Å²) in [7, 11) is 0. The van der Waals surface area contributed by atoms with Gasteiger partial charge in [0.2, 0.25) is 0 Å². The van der Waals surface area contributed by atoms with Crippen LogP contribution < -0.4 is 5.32 Å². The van der Waals surface area contributed by atoms with Crippen LogP contribution in [-0.4, -0.2) is 58.7 Å². The predicted molar refractivity (Wildman–Crippen MR) is 137 cm³/mol. The van der Waals surface area contributed by atoms with Gasteiger partial charge in [0.1, 0.15) is 6.61 Å². The third-order valence-corrected chi connectivity index (χ3v) is 5.77. The Kier molecular flexibility index (Phi) is 10.3. The molecule has 0 unspecified atom stereocenters. The van der Waals surface area contributed by atoms with Crippen molar-refractivity contribution in [3.63, 3.8) is 0 Å². The van der Waals surface area contributed by atoms with Gasteiger partial charge >= 0.3 is 5.97 Å². The Morgan fingerprint density at radius 1 is 1.12 bits per heavy atom. The fourth-order valence-electron chi connectivity index (χ4n) is 4.10. The Bertz CT molecular complexity index is 1030. The normalized spacial score (nSPS) is 13.8. The average Bonchev–Trinajstić information content (AvgIpc) is 2.88. The van der Waals surface area contributed by atoms with Gasteiger partial charge in [-0.1, -0.05) is 44.5 Å². The molecule has 7 nitrogen and oxygen atoms in total. The van der Waals surface area contributed by atoms with Crippen LogP contribution in [-0.2, 0) is 16.1 Å². The quantitative estimate of drug-likeness (QED) is 0.398. The third kappa shape index (κ3) is 7.50. The number of hydrogen-bond donors (Lipinski definition) is 2. The van der Waals surface area contributed by atoms with E-state index in [9.17, 15) is 4.79 Å². The second-order valence-electron chi connectivity index (χ2n) is 8.21. The number of likely N-dealkylation sites (tertiary alicyclic amines) is 1. The molecule has 1 aliphatic heterocycles. The van der Waals surface area contributed by atoms with Crippen LogP contribution >= 0.6 is 0 Å². The molecule has 0 amide bonds. The predicted octanol–water partition coefficient (Wildman–Crippen LogP) is 5.21. The zero-order valence-corrected chi connectivity index (χ0v) is 20.3. The number of anilines is 1. The largest absolute Gasteiger partial charge is 0.480 e. The van der Waals surface area contributed by atoms with Crippen LogP contribution in [0.4, 0.5) is 5.69 Å². The van der Waals surface area contributed by atoms with Crippen molar-refractivity contribution in [2.24, 2.45) is 0 Å². The smallest absolute Gasteiger partial charge is 0.329 e. The highest BCUT2D eigenvalue weighted by molar-refractivity contribution is 5.93. The molecular weight excluding hydrogens is 428 g/mol. The Balaban J connectivity index is 0.00000158.